The van der Waals surface area contributed by atoms with Gasteiger partial charge in [-0.2, -0.15) is 4.98 Å². The number of nitrogens with two attached hydrogens (primary N) is 2. The summed E-state index contributed by atoms with van der Waals surface area (Å²) in [6.07, 6.45) is -2.51. The summed E-state index contributed by atoms with van der Waals surface area (Å²) in [6, 6.07) is 1.48. The van der Waals surface area contributed by atoms with Crippen molar-refractivity contribution < 1.29 is 56.7 Å². The number of hydrogen-bond donors (Lipinski definition) is 7. The van der Waals surface area contributed by atoms with Gasteiger partial charge in [-0.1, -0.05) is 5.92 Å². The van der Waals surface area contributed by atoms with Gasteiger partial charge in [0.1, 0.15) is 42.6 Å². The van der Waals surface area contributed by atoms with E-state index in [0.717, 1.165) is 10.9 Å². The van der Waals surface area contributed by atoms with E-state index in [1.54, 1.807) is 0 Å². The van der Waals surface area contributed by atoms with Crippen LogP contribution in [0.4, 0.5) is 11.6 Å². The summed E-state index contributed by atoms with van der Waals surface area (Å²) in [5.41, 5.74) is 8.84. The highest BCUT2D eigenvalue weighted by atomic mass is 31.2. The molecule has 7 rings (SSSR count). The van der Waals surface area contributed by atoms with Crippen LogP contribution in [0.15, 0.2) is 29.7 Å². The summed E-state index contributed by atoms with van der Waals surface area (Å²) in [7, 11) is -10.5. The number of hydrogen-bond acceptors (Lipinski definition) is 17. The van der Waals surface area contributed by atoms with Gasteiger partial charge in [0.15, 0.2) is 34.9 Å². The fraction of sp³-hybridized carbons (Fsp3) is 0.435. The molecule has 4 unspecified atom stereocenters. The Morgan fingerprint density at radius 2 is 1.70 bits per heavy atom. The number of anilines is 2. The number of rotatable bonds is 2. The Hall–Kier alpha value is -3.81. The van der Waals surface area contributed by atoms with E-state index in [1.165, 1.54) is 23.2 Å². The summed E-state index contributed by atoms with van der Waals surface area (Å²) in [5.74, 6) is 1.88. The minimum Gasteiger partial charge on any atom is -0.397 e. The zero-order valence-electron chi connectivity index (χ0n) is 23.5. The Bertz CT molecular complexity index is 2080. The number of aliphatic hydroxyl groups excluding tert-OH is 2. The molecule has 3 fully saturated rings. The van der Waals surface area contributed by atoms with Gasteiger partial charge in [-0.25, -0.2) is 24.1 Å². The van der Waals surface area contributed by atoms with E-state index in [9.17, 15) is 33.9 Å². The van der Waals surface area contributed by atoms with Crippen LogP contribution in [0.2, 0.25) is 0 Å². The summed E-state index contributed by atoms with van der Waals surface area (Å²) in [4.78, 5) is 52.5. The van der Waals surface area contributed by atoms with E-state index < -0.39 is 83.0 Å². The minimum absolute atomic E-state index is 0.134. The molecule has 250 valence electrons. The van der Waals surface area contributed by atoms with Crippen molar-refractivity contribution in [3.05, 3.63) is 35.3 Å². The average molecular weight is 697 g/mol. The van der Waals surface area contributed by atoms with Crippen molar-refractivity contribution >= 4 is 49.6 Å². The second-order valence-electron chi connectivity index (χ2n) is 10.7. The van der Waals surface area contributed by atoms with Crippen LogP contribution in [0.25, 0.3) is 22.3 Å². The summed E-state index contributed by atoms with van der Waals surface area (Å²) < 4.78 is 61.7. The Kier molecular flexibility index (Phi) is 7.52. The molecule has 0 aromatic carbocycles. The second-order valence-corrected chi connectivity index (χ2v) is 13.5. The van der Waals surface area contributed by atoms with Gasteiger partial charge in [0, 0.05) is 6.20 Å². The van der Waals surface area contributed by atoms with Crippen molar-refractivity contribution in [2.24, 2.45) is 0 Å². The van der Waals surface area contributed by atoms with E-state index in [4.69, 9.17) is 45.5 Å². The molecular weight excluding hydrogens is 672 g/mol. The van der Waals surface area contributed by atoms with Crippen LogP contribution in [-0.2, 0) is 36.7 Å². The molecule has 7 heterocycles. The number of phosphoric acid groups is 2. The van der Waals surface area contributed by atoms with Gasteiger partial charge in [0.25, 0.3) is 5.56 Å². The molecule has 3 saturated heterocycles. The Morgan fingerprint density at radius 3 is 2.45 bits per heavy atom. The molecule has 10 atom stereocenters. The first-order valence-corrected chi connectivity index (χ1v) is 16.5. The highest BCUT2D eigenvalue weighted by molar-refractivity contribution is 7.47. The predicted molar refractivity (Wildman–Crippen MR) is 153 cm³/mol. The standard InChI is InChI=1S/C23H25N9O13P2/c1-2-23-6-41-47(38,39)44-15-13(33)10(42-21(15)32-8-28-12-18(32)29-22(25)30-19(12)35)5-40-46(36,37)45-16(23)14(34)20(43-23)31-7-27-11-9(24)3-4-26-17(11)31/h1,3-4,7-8,10,13-16,20-21,33-34H,5-6H2,(H2,24,26)(H,36,37)(H,38,39)(H3,25,29,30,35)/t10-,13?,14+,15+,16?,20-,21-,23-/m1/s1. The summed E-state index contributed by atoms with van der Waals surface area (Å²) >= 11 is 0. The van der Waals surface area contributed by atoms with Crippen LogP contribution in [0, 0.1) is 12.3 Å². The lowest BCUT2D eigenvalue weighted by molar-refractivity contribution is -0.0961. The van der Waals surface area contributed by atoms with Gasteiger partial charge in [0.05, 0.1) is 24.9 Å². The number of aromatic amines is 1. The number of terminal acetylenes is 1. The number of aliphatic hydroxyl groups is 2. The molecule has 4 aromatic heterocycles. The van der Waals surface area contributed by atoms with Crippen molar-refractivity contribution in [3.63, 3.8) is 0 Å². The van der Waals surface area contributed by atoms with Crippen molar-refractivity contribution in [1.29, 1.82) is 0 Å². The molecule has 24 heteroatoms. The average Bonchev–Trinajstić information content (AvgIpc) is 3.76. The monoisotopic (exact) mass is 697 g/mol. The van der Waals surface area contributed by atoms with Crippen LogP contribution in [0.5, 0.6) is 0 Å². The van der Waals surface area contributed by atoms with E-state index in [2.05, 4.69) is 30.8 Å². The maximum absolute atomic E-state index is 13.4. The third kappa shape index (κ3) is 5.32. The van der Waals surface area contributed by atoms with Gasteiger partial charge in [-0.3, -0.25) is 37.0 Å². The minimum atomic E-state index is -5.26. The number of fused-ring (bicyclic) bond motifs is 5. The number of pyridine rings is 1. The highest BCUT2D eigenvalue weighted by Crippen LogP contribution is 2.55. The number of imidazole rings is 2. The molecule has 0 radical (unpaired) electrons. The lowest BCUT2D eigenvalue weighted by Crippen LogP contribution is -2.47. The molecule has 0 saturated carbocycles. The van der Waals surface area contributed by atoms with Crippen LogP contribution in [0.1, 0.15) is 12.5 Å². The molecule has 9 N–H and O–H groups in total. The third-order valence-electron chi connectivity index (χ3n) is 7.79. The number of ether oxygens (including phenoxy) is 2. The maximum atomic E-state index is 13.4. The van der Waals surface area contributed by atoms with Crippen LogP contribution < -0.4 is 17.0 Å². The number of phosphoric ester groups is 2. The fourth-order valence-corrected chi connectivity index (χ4v) is 7.52. The van der Waals surface area contributed by atoms with Crippen LogP contribution in [0.3, 0.4) is 0 Å². The number of H-pyrrole nitrogens is 1. The van der Waals surface area contributed by atoms with Crippen LogP contribution in [-0.4, -0.2) is 103 Å². The zero-order valence-corrected chi connectivity index (χ0v) is 25.3. The molecular formula is C23H25N9O13P2. The molecule has 22 nitrogen and oxygen atoms in total. The number of aromatic nitrogens is 7. The molecule has 3 aliphatic heterocycles. The molecule has 2 bridgehead atoms. The second kappa shape index (κ2) is 11.1. The summed E-state index contributed by atoms with van der Waals surface area (Å²) in [6.45, 7) is -1.94. The highest BCUT2D eigenvalue weighted by Gasteiger charge is 2.60. The number of nitrogens with zero attached hydrogens (tertiary/aromatic N) is 6. The normalized spacial score (nSPS) is 38.0. The SMILES string of the molecule is C#C[C@@]12COP(=O)(O)O[C@H]3C(O)[C@@H](COP(=O)(O)OC1[C@H](O)[C@H](n1cnc4c(N)ccnc41)O2)O[C@H]3n1cnc2c(=O)[nH]c(N)nc21. The molecule has 0 aliphatic carbocycles. The van der Waals surface area contributed by atoms with E-state index in [-0.39, 0.29) is 34.0 Å². The predicted octanol–water partition coefficient (Wildman–Crippen LogP) is -1.73. The fourth-order valence-electron chi connectivity index (χ4n) is 5.59. The first kappa shape index (κ1) is 31.8. The Morgan fingerprint density at radius 1 is 1.00 bits per heavy atom. The lowest BCUT2D eigenvalue weighted by atomic mass is 9.97. The molecule has 0 spiro atoms. The van der Waals surface area contributed by atoms with Gasteiger partial charge < -0.3 is 40.9 Å². The lowest BCUT2D eigenvalue weighted by Gasteiger charge is -2.31. The van der Waals surface area contributed by atoms with Crippen LogP contribution >= 0.6 is 15.6 Å². The van der Waals surface area contributed by atoms with Gasteiger partial charge >= 0.3 is 15.6 Å². The van der Waals surface area contributed by atoms with Crippen molar-refractivity contribution in [1.82, 2.24) is 34.1 Å². The van der Waals surface area contributed by atoms with Gasteiger partial charge in [0.2, 0.25) is 5.95 Å². The summed E-state index contributed by atoms with van der Waals surface area (Å²) in [5, 5.41) is 22.4. The van der Waals surface area contributed by atoms with Crippen molar-refractivity contribution in [2.45, 2.75) is 48.6 Å². The van der Waals surface area contributed by atoms with E-state index in [0.29, 0.717) is 0 Å². The Balaban J connectivity index is 1.25. The smallest absolute Gasteiger partial charge is 0.397 e. The quantitative estimate of drug-likeness (QED) is 0.0903. The molecule has 3 aliphatic rings. The third-order valence-corrected chi connectivity index (χ3v) is 9.72. The topological polar surface area (TPSA) is 317 Å². The first-order valence-electron chi connectivity index (χ1n) is 13.5. The first-order chi connectivity index (χ1) is 22.2. The van der Waals surface area contributed by atoms with E-state index in [1.807, 2.05) is 0 Å². The molecule has 0 amide bonds. The number of nitrogen functional groups attached to an aromatic ring is 2. The van der Waals surface area contributed by atoms with Gasteiger partial charge in [-0.15, -0.1) is 6.42 Å². The van der Waals surface area contributed by atoms with Crippen molar-refractivity contribution in [3.8, 4) is 12.3 Å². The molecule has 47 heavy (non-hydrogen) atoms. The largest absolute Gasteiger partial charge is 0.472 e. The van der Waals surface area contributed by atoms with Gasteiger partial charge in [-0.05, 0) is 6.07 Å². The maximum Gasteiger partial charge on any atom is 0.472 e. The van der Waals surface area contributed by atoms with E-state index >= 15 is 0 Å². The zero-order chi connectivity index (χ0) is 33.5. The Labute approximate surface area is 261 Å². The number of nitrogens with one attached hydrogen (secondary N) is 1. The molecule has 4 aromatic rings. The van der Waals surface area contributed by atoms with Crippen molar-refractivity contribution in [2.75, 3.05) is 24.7 Å².